The van der Waals surface area contributed by atoms with Crippen LogP contribution >= 0.6 is 11.6 Å². The average molecular weight is 281 g/mol. The second kappa shape index (κ2) is 5.32. The van der Waals surface area contributed by atoms with Gasteiger partial charge in [0.25, 0.3) is 0 Å². The van der Waals surface area contributed by atoms with Crippen molar-refractivity contribution < 1.29 is 17.9 Å². The van der Waals surface area contributed by atoms with E-state index < -0.39 is 11.7 Å². The molecule has 0 amide bonds. The van der Waals surface area contributed by atoms with E-state index in [1.807, 2.05) is 0 Å². The van der Waals surface area contributed by atoms with E-state index in [0.717, 1.165) is 25.1 Å². The van der Waals surface area contributed by atoms with Crippen LogP contribution in [-0.4, -0.2) is 24.2 Å². The SMILES string of the molecule is FC(F)(F)c1cnc(NC2CCCOC2)c(Cl)c1. The summed E-state index contributed by atoms with van der Waals surface area (Å²) in [5.41, 5.74) is -0.849. The zero-order chi connectivity index (χ0) is 13.2. The highest BCUT2D eigenvalue weighted by Gasteiger charge is 2.31. The van der Waals surface area contributed by atoms with Gasteiger partial charge < -0.3 is 10.1 Å². The Labute approximate surface area is 107 Å². The van der Waals surface area contributed by atoms with Gasteiger partial charge in [0.15, 0.2) is 0 Å². The first-order valence-electron chi connectivity index (χ1n) is 5.54. The summed E-state index contributed by atoms with van der Waals surface area (Å²) < 4.78 is 42.5. The standard InChI is InChI=1S/C11H12ClF3N2O/c12-9-4-7(11(13,14)15)5-16-10(9)17-8-2-1-3-18-6-8/h4-5,8H,1-3,6H2,(H,16,17). The Bertz CT molecular complexity index is 419. The van der Waals surface area contributed by atoms with Gasteiger partial charge in [-0.05, 0) is 18.9 Å². The lowest BCUT2D eigenvalue weighted by atomic mass is 10.1. The fraction of sp³-hybridized carbons (Fsp3) is 0.545. The molecule has 0 bridgehead atoms. The molecule has 2 heterocycles. The number of nitrogens with one attached hydrogen (secondary N) is 1. The second-order valence-corrected chi connectivity index (χ2v) is 4.52. The molecule has 2 rings (SSSR count). The maximum absolute atomic E-state index is 12.4. The number of pyridine rings is 1. The Morgan fingerprint density at radius 3 is 2.78 bits per heavy atom. The van der Waals surface area contributed by atoms with Gasteiger partial charge in [0.05, 0.1) is 23.2 Å². The zero-order valence-electron chi connectivity index (χ0n) is 9.43. The number of ether oxygens (including phenoxy) is 1. The van der Waals surface area contributed by atoms with Gasteiger partial charge in [-0.25, -0.2) is 4.98 Å². The molecule has 1 aromatic heterocycles. The second-order valence-electron chi connectivity index (χ2n) is 4.11. The lowest BCUT2D eigenvalue weighted by molar-refractivity contribution is -0.137. The molecule has 18 heavy (non-hydrogen) atoms. The number of nitrogens with zero attached hydrogens (tertiary/aromatic N) is 1. The number of anilines is 1. The van der Waals surface area contributed by atoms with Crippen LogP contribution in [0.3, 0.4) is 0 Å². The highest BCUT2D eigenvalue weighted by molar-refractivity contribution is 6.33. The molecule has 100 valence electrons. The van der Waals surface area contributed by atoms with Crippen LogP contribution in [0, 0.1) is 0 Å². The topological polar surface area (TPSA) is 34.2 Å². The Morgan fingerprint density at radius 2 is 2.22 bits per heavy atom. The first-order valence-corrected chi connectivity index (χ1v) is 5.91. The van der Waals surface area contributed by atoms with E-state index in [9.17, 15) is 13.2 Å². The van der Waals surface area contributed by atoms with Crippen molar-refractivity contribution in [2.24, 2.45) is 0 Å². The molecule has 1 N–H and O–H groups in total. The van der Waals surface area contributed by atoms with Crippen molar-refractivity contribution in [1.29, 1.82) is 0 Å². The summed E-state index contributed by atoms with van der Waals surface area (Å²) in [4.78, 5) is 3.72. The molecule has 0 aromatic carbocycles. The summed E-state index contributed by atoms with van der Waals surface area (Å²) in [6.07, 6.45) is -1.85. The average Bonchev–Trinajstić information content (AvgIpc) is 2.32. The van der Waals surface area contributed by atoms with Crippen molar-refractivity contribution in [3.8, 4) is 0 Å². The maximum atomic E-state index is 12.4. The first-order chi connectivity index (χ1) is 8.47. The van der Waals surface area contributed by atoms with Crippen molar-refractivity contribution >= 4 is 17.4 Å². The van der Waals surface area contributed by atoms with Gasteiger partial charge in [-0.3, -0.25) is 0 Å². The monoisotopic (exact) mass is 280 g/mol. The molecule has 0 radical (unpaired) electrons. The molecular weight excluding hydrogens is 269 g/mol. The van der Waals surface area contributed by atoms with Crippen molar-refractivity contribution in [2.75, 3.05) is 18.5 Å². The number of hydrogen-bond donors (Lipinski definition) is 1. The minimum absolute atomic E-state index is 0.0320. The predicted molar refractivity (Wildman–Crippen MR) is 61.7 cm³/mol. The molecule has 1 saturated heterocycles. The summed E-state index contributed by atoms with van der Waals surface area (Å²) in [7, 11) is 0. The third kappa shape index (κ3) is 3.26. The first kappa shape index (κ1) is 13.4. The van der Waals surface area contributed by atoms with Gasteiger partial charge in [-0.2, -0.15) is 13.2 Å². The Kier molecular flexibility index (Phi) is 3.97. The van der Waals surface area contributed by atoms with Gasteiger partial charge in [0, 0.05) is 12.8 Å². The van der Waals surface area contributed by atoms with E-state index in [4.69, 9.17) is 16.3 Å². The van der Waals surface area contributed by atoms with Crippen LogP contribution < -0.4 is 5.32 Å². The lowest BCUT2D eigenvalue weighted by Crippen LogP contribution is -2.30. The van der Waals surface area contributed by atoms with Crippen LogP contribution in [0.25, 0.3) is 0 Å². The molecule has 1 aliphatic rings. The third-order valence-corrected chi connectivity index (χ3v) is 2.96. The molecule has 1 atom stereocenters. The van der Waals surface area contributed by atoms with Crippen molar-refractivity contribution in [2.45, 2.75) is 25.1 Å². The fourth-order valence-electron chi connectivity index (χ4n) is 1.75. The summed E-state index contributed by atoms with van der Waals surface area (Å²) in [6, 6.07) is 0.918. The Hall–Kier alpha value is -1.01. The number of aromatic nitrogens is 1. The highest BCUT2D eigenvalue weighted by Crippen LogP contribution is 2.32. The Morgan fingerprint density at radius 1 is 1.44 bits per heavy atom. The normalized spacial score (nSPS) is 20.8. The summed E-state index contributed by atoms with van der Waals surface area (Å²) >= 11 is 5.79. The third-order valence-electron chi connectivity index (χ3n) is 2.67. The number of alkyl halides is 3. The van der Waals surface area contributed by atoms with Crippen LogP contribution in [0.4, 0.5) is 19.0 Å². The maximum Gasteiger partial charge on any atom is 0.417 e. The molecular formula is C11H12ClF3N2O. The largest absolute Gasteiger partial charge is 0.417 e. The molecule has 1 unspecified atom stereocenters. The van der Waals surface area contributed by atoms with Gasteiger partial charge in [-0.15, -0.1) is 0 Å². The van der Waals surface area contributed by atoms with Gasteiger partial charge in [-0.1, -0.05) is 11.6 Å². The number of halogens is 4. The summed E-state index contributed by atoms with van der Waals surface area (Å²) in [5.74, 6) is 0.264. The Balaban J connectivity index is 2.09. The summed E-state index contributed by atoms with van der Waals surface area (Å²) in [6.45, 7) is 1.23. The van der Waals surface area contributed by atoms with E-state index in [1.54, 1.807) is 0 Å². The van der Waals surface area contributed by atoms with Gasteiger partial charge in [0.2, 0.25) is 0 Å². The molecule has 0 spiro atoms. The zero-order valence-corrected chi connectivity index (χ0v) is 10.2. The van der Waals surface area contributed by atoms with E-state index in [2.05, 4.69) is 10.3 Å². The van der Waals surface area contributed by atoms with Crippen LogP contribution in [-0.2, 0) is 10.9 Å². The molecule has 1 fully saturated rings. The van der Waals surface area contributed by atoms with Crippen LogP contribution in [0.15, 0.2) is 12.3 Å². The van der Waals surface area contributed by atoms with Crippen LogP contribution in [0.1, 0.15) is 18.4 Å². The number of hydrogen-bond acceptors (Lipinski definition) is 3. The fourth-order valence-corrected chi connectivity index (χ4v) is 1.97. The number of rotatable bonds is 2. The molecule has 3 nitrogen and oxygen atoms in total. The van der Waals surface area contributed by atoms with Gasteiger partial charge >= 0.3 is 6.18 Å². The molecule has 1 aromatic rings. The lowest BCUT2D eigenvalue weighted by Gasteiger charge is -2.24. The van der Waals surface area contributed by atoms with Crippen molar-refractivity contribution in [3.63, 3.8) is 0 Å². The van der Waals surface area contributed by atoms with E-state index in [-0.39, 0.29) is 16.9 Å². The molecule has 7 heteroatoms. The van der Waals surface area contributed by atoms with Crippen molar-refractivity contribution in [1.82, 2.24) is 4.98 Å². The van der Waals surface area contributed by atoms with E-state index in [0.29, 0.717) is 13.2 Å². The molecule has 0 aliphatic carbocycles. The minimum Gasteiger partial charge on any atom is -0.379 e. The minimum atomic E-state index is -4.43. The van der Waals surface area contributed by atoms with Crippen molar-refractivity contribution in [3.05, 3.63) is 22.8 Å². The van der Waals surface area contributed by atoms with Crippen LogP contribution in [0.2, 0.25) is 5.02 Å². The molecule has 0 saturated carbocycles. The predicted octanol–water partition coefficient (Wildman–Crippen LogP) is 3.34. The van der Waals surface area contributed by atoms with E-state index >= 15 is 0 Å². The van der Waals surface area contributed by atoms with Crippen LogP contribution in [0.5, 0.6) is 0 Å². The quantitative estimate of drug-likeness (QED) is 0.902. The van der Waals surface area contributed by atoms with E-state index in [1.165, 1.54) is 0 Å². The van der Waals surface area contributed by atoms with Gasteiger partial charge in [0.1, 0.15) is 5.82 Å². The molecule has 1 aliphatic heterocycles. The smallest absolute Gasteiger partial charge is 0.379 e. The summed E-state index contributed by atoms with van der Waals surface area (Å²) in [5, 5.41) is 2.96. The highest BCUT2D eigenvalue weighted by atomic mass is 35.5.